The highest BCUT2D eigenvalue weighted by Crippen LogP contribution is 2.37. The number of carbonyl (C=O) groups is 2. The van der Waals surface area contributed by atoms with Gasteiger partial charge in [0.2, 0.25) is 5.91 Å². The number of aromatic nitrogens is 1. The normalized spacial score (nSPS) is 17.6. The molecule has 4 rings (SSSR count). The first-order valence-corrected chi connectivity index (χ1v) is 10.2. The Labute approximate surface area is 167 Å². The van der Waals surface area contributed by atoms with Crippen LogP contribution < -0.4 is 11.1 Å². The van der Waals surface area contributed by atoms with E-state index in [9.17, 15) is 9.59 Å². The van der Waals surface area contributed by atoms with Gasteiger partial charge in [0.15, 0.2) is 0 Å². The fourth-order valence-electron chi connectivity index (χ4n) is 3.76. The Morgan fingerprint density at radius 1 is 1.18 bits per heavy atom. The number of carbonyl (C=O) groups excluding carboxylic acids is 2. The molecular formula is C21H22N4O2S. The summed E-state index contributed by atoms with van der Waals surface area (Å²) in [7, 11) is 0. The Kier molecular flexibility index (Phi) is 5.25. The van der Waals surface area contributed by atoms with E-state index in [4.69, 9.17) is 10.7 Å². The summed E-state index contributed by atoms with van der Waals surface area (Å²) in [5.41, 5.74) is 7.18. The van der Waals surface area contributed by atoms with E-state index in [1.54, 1.807) is 11.3 Å². The predicted molar refractivity (Wildman–Crippen MR) is 110 cm³/mol. The standard InChI is InChI=1S/C21H22N4O2S/c22-21(27)24-16(14-7-2-1-3-8-14)13-19(26)25-12-6-10-17(25)20-23-15-9-4-5-11-18(15)28-20/h1-5,7-9,11,16-17H,6,10,12-13H2,(H3,22,24,27). The number of amides is 3. The Morgan fingerprint density at radius 3 is 2.68 bits per heavy atom. The second-order valence-electron chi connectivity index (χ2n) is 6.94. The van der Waals surface area contributed by atoms with E-state index in [1.807, 2.05) is 53.4 Å². The van der Waals surface area contributed by atoms with Crippen LogP contribution in [0.1, 0.15) is 41.9 Å². The van der Waals surface area contributed by atoms with Crippen LogP contribution in [0.2, 0.25) is 0 Å². The number of thiazole rings is 1. The van der Waals surface area contributed by atoms with Crippen LogP contribution in [0, 0.1) is 0 Å². The topological polar surface area (TPSA) is 88.3 Å². The SMILES string of the molecule is NC(=O)NC(CC(=O)N1CCCC1c1nc2ccccc2s1)c1ccccc1. The van der Waals surface area contributed by atoms with Gasteiger partial charge in [-0.25, -0.2) is 9.78 Å². The van der Waals surface area contributed by atoms with Gasteiger partial charge in [0.25, 0.3) is 0 Å². The number of likely N-dealkylation sites (tertiary alicyclic amines) is 1. The molecule has 2 unspecified atom stereocenters. The predicted octanol–water partition coefficient (Wildman–Crippen LogP) is 3.76. The maximum atomic E-state index is 13.1. The summed E-state index contributed by atoms with van der Waals surface area (Å²) >= 11 is 1.65. The van der Waals surface area contributed by atoms with Crippen LogP contribution in [0.3, 0.4) is 0 Å². The van der Waals surface area contributed by atoms with Crippen molar-refractivity contribution in [1.29, 1.82) is 0 Å². The second-order valence-corrected chi connectivity index (χ2v) is 8.00. The molecular weight excluding hydrogens is 372 g/mol. The molecule has 1 aliphatic heterocycles. The number of hydrogen-bond acceptors (Lipinski definition) is 4. The molecule has 1 fully saturated rings. The molecule has 1 aromatic heterocycles. The minimum absolute atomic E-state index is 0.00404. The third-order valence-electron chi connectivity index (χ3n) is 5.07. The van der Waals surface area contributed by atoms with E-state index < -0.39 is 12.1 Å². The zero-order valence-electron chi connectivity index (χ0n) is 15.4. The third kappa shape index (κ3) is 3.84. The van der Waals surface area contributed by atoms with Crippen LogP contribution in [0.4, 0.5) is 4.79 Å². The van der Waals surface area contributed by atoms with Gasteiger partial charge in [-0.15, -0.1) is 11.3 Å². The molecule has 0 spiro atoms. The summed E-state index contributed by atoms with van der Waals surface area (Å²) in [4.78, 5) is 31.2. The first kappa shape index (κ1) is 18.4. The van der Waals surface area contributed by atoms with Crippen molar-refractivity contribution in [2.24, 2.45) is 5.73 Å². The molecule has 28 heavy (non-hydrogen) atoms. The van der Waals surface area contributed by atoms with E-state index >= 15 is 0 Å². The molecule has 2 heterocycles. The molecule has 3 amide bonds. The number of primary amides is 1. The molecule has 0 saturated carbocycles. The third-order valence-corrected chi connectivity index (χ3v) is 6.20. The molecule has 0 aliphatic carbocycles. The van der Waals surface area contributed by atoms with Crippen molar-refractivity contribution in [1.82, 2.24) is 15.2 Å². The van der Waals surface area contributed by atoms with Crippen LogP contribution in [0.25, 0.3) is 10.2 Å². The number of rotatable bonds is 5. The maximum absolute atomic E-state index is 13.1. The highest BCUT2D eigenvalue weighted by atomic mass is 32.1. The van der Waals surface area contributed by atoms with Gasteiger partial charge in [-0.3, -0.25) is 4.79 Å². The molecule has 3 aromatic rings. The first-order chi connectivity index (χ1) is 13.6. The lowest BCUT2D eigenvalue weighted by Crippen LogP contribution is -2.38. The van der Waals surface area contributed by atoms with Crippen molar-refractivity contribution in [3.05, 3.63) is 65.2 Å². The van der Waals surface area contributed by atoms with Crippen molar-refractivity contribution in [3.63, 3.8) is 0 Å². The Morgan fingerprint density at radius 2 is 1.93 bits per heavy atom. The number of hydrogen-bond donors (Lipinski definition) is 2. The number of urea groups is 1. The molecule has 0 radical (unpaired) electrons. The Bertz CT molecular complexity index is 955. The lowest BCUT2D eigenvalue weighted by atomic mass is 10.0. The Hall–Kier alpha value is -2.93. The quantitative estimate of drug-likeness (QED) is 0.691. The minimum Gasteiger partial charge on any atom is -0.352 e. The first-order valence-electron chi connectivity index (χ1n) is 9.37. The van der Waals surface area contributed by atoms with Crippen molar-refractivity contribution in [2.45, 2.75) is 31.3 Å². The van der Waals surface area contributed by atoms with Gasteiger partial charge in [-0.1, -0.05) is 42.5 Å². The van der Waals surface area contributed by atoms with Crippen molar-refractivity contribution >= 4 is 33.5 Å². The number of benzene rings is 2. The molecule has 2 atom stereocenters. The van der Waals surface area contributed by atoms with E-state index in [1.165, 1.54) is 0 Å². The van der Waals surface area contributed by atoms with Crippen LogP contribution in [0.15, 0.2) is 54.6 Å². The Balaban J connectivity index is 1.54. The van der Waals surface area contributed by atoms with Gasteiger partial charge in [0.05, 0.1) is 28.7 Å². The summed E-state index contributed by atoms with van der Waals surface area (Å²) < 4.78 is 1.13. The summed E-state index contributed by atoms with van der Waals surface area (Å²) in [6.45, 7) is 0.706. The average molecular weight is 395 g/mol. The smallest absolute Gasteiger partial charge is 0.312 e. The van der Waals surface area contributed by atoms with Gasteiger partial charge in [-0.05, 0) is 30.5 Å². The average Bonchev–Trinajstić information content (AvgIpc) is 3.34. The maximum Gasteiger partial charge on any atom is 0.312 e. The van der Waals surface area contributed by atoms with Gasteiger partial charge < -0.3 is 16.0 Å². The second kappa shape index (κ2) is 7.98. The van der Waals surface area contributed by atoms with E-state index in [2.05, 4.69) is 11.4 Å². The zero-order valence-corrected chi connectivity index (χ0v) is 16.2. The van der Waals surface area contributed by atoms with Gasteiger partial charge in [0.1, 0.15) is 5.01 Å². The number of para-hydroxylation sites is 1. The lowest BCUT2D eigenvalue weighted by Gasteiger charge is -2.26. The fourth-order valence-corrected chi connectivity index (χ4v) is 4.87. The van der Waals surface area contributed by atoms with Gasteiger partial charge >= 0.3 is 6.03 Å². The summed E-state index contributed by atoms with van der Waals surface area (Å²) in [6, 6.07) is 16.4. The number of fused-ring (bicyclic) bond motifs is 1. The molecule has 1 aliphatic rings. The van der Waals surface area contributed by atoms with Crippen LogP contribution >= 0.6 is 11.3 Å². The van der Waals surface area contributed by atoms with Gasteiger partial charge in [0, 0.05) is 6.54 Å². The summed E-state index contributed by atoms with van der Waals surface area (Å²) in [5, 5.41) is 3.68. The zero-order chi connectivity index (χ0) is 19.5. The number of nitrogens with two attached hydrogens (primary N) is 1. The fraction of sp³-hybridized carbons (Fsp3) is 0.286. The molecule has 2 aromatic carbocycles. The lowest BCUT2D eigenvalue weighted by molar-refractivity contribution is -0.132. The molecule has 7 heteroatoms. The van der Waals surface area contributed by atoms with Gasteiger partial charge in [-0.2, -0.15) is 0 Å². The molecule has 3 N–H and O–H groups in total. The van der Waals surface area contributed by atoms with Crippen LogP contribution in [0.5, 0.6) is 0 Å². The highest BCUT2D eigenvalue weighted by Gasteiger charge is 2.33. The van der Waals surface area contributed by atoms with Crippen molar-refractivity contribution < 1.29 is 9.59 Å². The molecule has 6 nitrogen and oxygen atoms in total. The van der Waals surface area contributed by atoms with E-state index in [0.29, 0.717) is 6.54 Å². The van der Waals surface area contributed by atoms with Crippen molar-refractivity contribution in [2.75, 3.05) is 6.54 Å². The highest BCUT2D eigenvalue weighted by molar-refractivity contribution is 7.18. The van der Waals surface area contributed by atoms with Crippen molar-refractivity contribution in [3.8, 4) is 0 Å². The minimum atomic E-state index is -0.634. The largest absolute Gasteiger partial charge is 0.352 e. The molecule has 1 saturated heterocycles. The number of nitrogens with zero attached hydrogens (tertiary/aromatic N) is 2. The number of nitrogens with one attached hydrogen (secondary N) is 1. The summed E-state index contributed by atoms with van der Waals surface area (Å²) in [6.07, 6.45) is 2.03. The van der Waals surface area contributed by atoms with E-state index in [-0.39, 0.29) is 18.4 Å². The monoisotopic (exact) mass is 394 g/mol. The molecule has 0 bridgehead atoms. The van der Waals surface area contributed by atoms with E-state index in [0.717, 1.165) is 33.6 Å². The van der Waals surface area contributed by atoms with Crippen LogP contribution in [-0.4, -0.2) is 28.4 Å². The molecule has 144 valence electrons. The van der Waals surface area contributed by atoms with Crippen LogP contribution in [-0.2, 0) is 4.79 Å². The summed E-state index contributed by atoms with van der Waals surface area (Å²) in [5.74, 6) is 0.00404.